The molecule has 1 fully saturated rings. The molecule has 74 valence electrons. The van der Waals surface area contributed by atoms with Crippen LogP contribution >= 0.6 is 24.0 Å². The van der Waals surface area contributed by atoms with Crippen molar-refractivity contribution in [3.63, 3.8) is 0 Å². The predicted molar refractivity (Wildman–Crippen MR) is 62.8 cm³/mol. The number of nitrogens with one attached hydrogen (secondary N) is 1. The number of halogens is 1. The van der Waals surface area contributed by atoms with Gasteiger partial charge in [0.2, 0.25) is 5.91 Å². The molecule has 0 saturated heterocycles. The molecule has 12 heavy (non-hydrogen) atoms. The maximum absolute atomic E-state index is 11.0. The highest BCUT2D eigenvalue weighted by molar-refractivity contribution is 14.0. The van der Waals surface area contributed by atoms with E-state index >= 15 is 0 Å². The van der Waals surface area contributed by atoms with Gasteiger partial charge >= 0.3 is 0 Å². The van der Waals surface area contributed by atoms with Gasteiger partial charge < -0.3 is 5.32 Å². The molecule has 0 spiro atoms. The molecule has 0 aromatic heterocycles. The van der Waals surface area contributed by atoms with Gasteiger partial charge in [0, 0.05) is 14.9 Å². The van der Waals surface area contributed by atoms with Gasteiger partial charge in [0.1, 0.15) is 0 Å². The van der Waals surface area contributed by atoms with Gasteiger partial charge in [-0.2, -0.15) is 0 Å². The van der Waals surface area contributed by atoms with E-state index in [2.05, 4.69) is 5.32 Å². The van der Waals surface area contributed by atoms with Crippen LogP contribution in [0.3, 0.4) is 0 Å². The lowest BCUT2D eigenvalue weighted by Gasteiger charge is -2.20. The maximum Gasteiger partial charge on any atom is 0.220 e. The van der Waals surface area contributed by atoms with Crippen molar-refractivity contribution < 1.29 is 6.22 Å². The first kappa shape index (κ1) is 12.2. The van der Waals surface area contributed by atoms with Crippen LogP contribution in [0, 0.1) is 5.92 Å². The van der Waals surface area contributed by atoms with E-state index in [-0.39, 0.29) is 31.3 Å². The molecule has 1 aliphatic carbocycles. The van der Waals surface area contributed by atoms with Crippen LogP contribution in [0.25, 0.3) is 0 Å². The van der Waals surface area contributed by atoms with E-state index in [0.29, 0.717) is 5.92 Å². The zero-order chi connectivity index (χ0) is 8.10. The van der Waals surface area contributed by atoms with E-state index < -0.39 is 0 Å². The fourth-order valence-corrected chi connectivity index (χ4v) is 1.76. The summed E-state index contributed by atoms with van der Waals surface area (Å²) < 4.78 is 0. The average molecular weight is 285 g/mol. The number of amides is 1. The van der Waals surface area contributed by atoms with Crippen LogP contribution in [-0.4, -0.2) is 13.0 Å². The molecule has 0 aliphatic heterocycles. The third-order valence-electron chi connectivity index (χ3n) is 2.48. The van der Waals surface area contributed by atoms with Gasteiger partial charge in [0.15, 0.2) is 0 Å². The Kier molecular flexibility index (Phi) is 6.80. The molecule has 2 nitrogen and oxygen atoms in total. The number of hydrogen-bond donors (Lipinski definition) is 1. The number of carbonyl (C=O) groups is 1. The molecule has 0 unspecified atom stereocenters. The van der Waals surface area contributed by atoms with Gasteiger partial charge in [-0.05, 0) is 18.8 Å². The fraction of sp³-hybridized carbons (Fsp3) is 0.889. The molecule has 0 heterocycles. The van der Waals surface area contributed by atoms with E-state index in [9.17, 15) is 4.79 Å². The van der Waals surface area contributed by atoms with E-state index in [4.69, 9.17) is 0 Å². The molecule has 0 bridgehead atoms. The lowest BCUT2D eigenvalue weighted by molar-refractivity contribution is -0.121. The number of rotatable bonds is 2. The predicted octanol–water partition coefficient (Wildman–Crippen LogP) is 2.57. The smallest absolute Gasteiger partial charge is 0.220 e. The molecule has 1 rings (SSSR count). The summed E-state index contributed by atoms with van der Waals surface area (Å²) in [5.74, 6) is 0.876. The lowest BCUT2D eigenvalue weighted by atomic mass is 9.87. The van der Waals surface area contributed by atoms with Crippen LogP contribution in [0.1, 0.15) is 40.0 Å². The van der Waals surface area contributed by atoms with Crippen LogP contribution in [0.5, 0.6) is 0 Å². The van der Waals surface area contributed by atoms with Crippen molar-refractivity contribution in [3.05, 3.63) is 0 Å². The molecule has 3 heteroatoms. The minimum atomic E-state index is 0. The van der Waals surface area contributed by atoms with Gasteiger partial charge in [-0.3, -0.25) is 4.79 Å². The van der Waals surface area contributed by atoms with Crippen LogP contribution in [0.2, 0.25) is 0 Å². The Labute approximate surface area is 93.0 Å². The summed E-state index contributed by atoms with van der Waals surface area (Å²) in [6.07, 6.45) is 7.27. The fourth-order valence-electron chi connectivity index (χ4n) is 1.76. The summed E-state index contributed by atoms with van der Waals surface area (Å²) in [4.78, 5) is 11.0. The summed E-state index contributed by atoms with van der Waals surface area (Å²) in [5.41, 5.74) is 0. The van der Waals surface area contributed by atoms with E-state index in [1.807, 2.05) is 0 Å². The van der Waals surface area contributed by atoms with Crippen LogP contribution < -0.4 is 5.32 Å². The Morgan fingerprint density at radius 3 is 2.50 bits per heavy atom. The van der Waals surface area contributed by atoms with Crippen molar-refractivity contribution in [1.82, 2.24) is 5.32 Å². The first-order valence-electron chi connectivity index (χ1n) is 4.53. The Balaban J connectivity index is 0. The first-order valence-corrected chi connectivity index (χ1v) is 4.53. The minimum absolute atomic E-state index is 0. The highest BCUT2D eigenvalue weighted by atomic mass is 127. The van der Waals surface area contributed by atoms with Crippen LogP contribution in [-0.2, 0) is 4.79 Å². The molecule has 0 aromatic rings. The second-order valence-electron chi connectivity index (χ2n) is 3.38. The lowest BCUT2D eigenvalue weighted by Crippen LogP contribution is -2.22. The van der Waals surface area contributed by atoms with Gasteiger partial charge in [-0.15, -0.1) is 24.0 Å². The van der Waals surface area contributed by atoms with Crippen molar-refractivity contribution in [2.24, 2.45) is 5.92 Å². The third-order valence-corrected chi connectivity index (χ3v) is 2.48. The Hall–Kier alpha value is 0.200. The summed E-state index contributed by atoms with van der Waals surface area (Å²) in [6.45, 7) is 0. The molecule has 0 radical (unpaired) electrons. The summed E-state index contributed by atoms with van der Waals surface area (Å²) in [7, 11) is 1.71. The zero-order valence-electron chi connectivity index (χ0n) is 7.64. The Bertz CT molecular complexity index is 138. The van der Waals surface area contributed by atoms with E-state index in [0.717, 1.165) is 6.42 Å². The Morgan fingerprint density at radius 2 is 2.00 bits per heavy atom. The monoisotopic (exact) mass is 285 g/mol. The molecule has 1 N–H and O–H groups in total. The quantitative estimate of drug-likeness (QED) is 0.776. The molecular weight excluding hydrogens is 265 g/mol. The highest BCUT2D eigenvalue weighted by Crippen LogP contribution is 2.25. The molecule has 0 aromatic carbocycles. The molecular formula is C9H20INO. The topological polar surface area (TPSA) is 29.1 Å². The van der Waals surface area contributed by atoms with Crippen molar-refractivity contribution >= 4 is 29.9 Å². The van der Waals surface area contributed by atoms with Crippen molar-refractivity contribution in [3.8, 4) is 0 Å². The normalized spacial score (nSPS) is 18.1. The standard InChI is InChI=1S/C9H17NO.HI.H2/c1-10-9(11)7-8-5-3-2-4-6-8;;/h8H,2-7H2,1H3,(H,10,11);2*1H. The zero-order valence-corrected chi connectivity index (χ0v) is 9.97. The third kappa shape index (κ3) is 4.28. The largest absolute Gasteiger partial charge is 0.359 e. The average Bonchev–Trinajstić information content (AvgIpc) is 2.06. The van der Waals surface area contributed by atoms with E-state index in [1.165, 1.54) is 32.1 Å². The van der Waals surface area contributed by atoms with Crippen molar-refractivity contribution in [1.29, 1.82) is 0 Å². The van der Waals surface area contributed by atoms with Gasteiger partial charge in [-0.1, -0.05) is 19.3 Å². The minimum Gasteiger partial charge on any atom is -0.359 e. The number of hydrogen-bond acceptors (Lipinski definition) is 1. The van der Waals surface area contributed by atoms with Gasteiger partial charge in [-0.25, -0.2) is 0 Å². The van der Waals surface area contributed by atoms with Gasteiger partial charge in [0.05, 0.1) is 0 Å². The summed E-state index contributed by atoms with van der Waals surface area (Å²) in [6, 6.07) is 0. The first-order chi connectivity index (χ1) is 5.33. The van der Waals surface area contributed by atoms with Gasteiger partial charge in [0.25, 0.3) is 0 Å². The second kappa shape index (κ2) is 6.69. The number of carbonyl (C=O) groups excluding carboxylic acids is 1. The Morgan fingerprint density at radius 1 is 1.42 bits per heavy atom. The van der Waals surface area contributed by atoms with Crippen LogP contribution in [0.4, 0.5) is 0 Å². The summed E-state index contributed by atoms with van der Waals surface area (Å²) >= 11 is 0. The SMILES string of the molecule is CNC(=O)CC1CCCCC1.I.[HH]. The van der Waals surface area contributed by atoms with Crippen molar-refractivity contribution in [2.45, 2.75) is 38.5 Å². The summed E-state index contributed by atoms with van der Waals surface area (Å²) in [5, 5.41) is 2.67. The molecule has 1 amide bonds. The van der Waals surface area contributed by atoms with Crippen molar-refractivity contribution in [2.75, 3.05) is 7.05 Å². The van der Waals surface area contributed by atoms with E-state index in [1.54, 1.807) is 7.05 Å². The molecule has 1 aliphatic rings. The maximum atomic E-state index is 11.0. The van der Waals surface area contributed by atoms with Crippen LogP contribution in [0.15, 0.2) is 0 Å². The molecule has 1 saturated carbocycles. The molecule has 0 atom stereocenters. The second-order valence-corrected chi connectivity index (χ2v) is 3.38. The highest BCUT2D eigenvalue weighted by Gasteiger charge is 2.15.